The number of aromatic amines is 2. The van der Waals surface area contributed by atoms with Crippen LogP contribution in [0, 0.1) is 0 Å². The largest absolute Gasteiger partial charge is 0.497 e. The fourth-order valence-corrected chi connectivity index (χ4v) is 6.00. The molecule has 8 aromatic rings. The molecule has 2 N–H and O–H groups in total. The maximum atomic E-state index is 5.22. The van der Waals surface area contributed by atoms with E-state index in [1.54, 1.807) is 26.6 Å². The Morgan fingerprint density at radius 2 is 1.12 bits per heavy atom. The van der Waals surface area contributed by atoms with E-state index in [2.05, 4.69) is 46.1 Å². The van der Waals surface area contributed by atoms with E-state index in [1.807, 2.05) is 90.4 Å². The van der Waals surface area contributed by atoms with Crippen molar-refractivity contribution < 1.29 is 9.47 Å². The second-order valence-corrected chi connectivity index (χ2v) is 10.9. The van der Waals surface area contributed by atoms with Gasteiger partial charge in [0.25, 0.3) is 0 Å². The molecule has 0 aliphatic carbocycles. The van der Waals surface area contributed by atoms with E-state index in [9.17, 15) is 0 Å². The van der Waals surface area contributed by atoms with Crippen molar-refractivity contribution in [3.8, 4) is 34.0 Å². The zero-order valence-corrected chi connectivity index (χ0v) is 25.5. The van der Waals surface area contributed by atoms with E-state index in [0.29, 0.717) is 0 Å². The first-order valence-electron chi connectivity index (χ1n) is 13.5. The maximum absolute atomic E-state index is 5.22. The first kappa shape index (κ1) is 26.7. The third kappa shape index (κ3) is 4.49. The number of H-pyrrole nitrogens is 2. The average molecular weight is 636 g/mol. The molecule has 214 valence electrons. The average Bonchev–Trinajstić information content (AvgIpc) is 3.82. The highest BCUT2D eigenvalue weighted by atomic mass is 79.9. The molecule has 0 atom stereocenters. The highest BCUT2D eigenvalue weighted by Crippen LogP contribution is 2.35. The Labute approximate surface area is 254 Å². The van der Waals surface area contributed by atoms with Gasteiger partial charge in [-0.3, -0.25) is 19.6 Å². The molecule has 6 heterocycles. The van der Waals surface area contributed by atoms with Gasteiger partial charge in [-0.15, -0.1) is 0 Å². The normalized spacial score (nSPS) is 11.4. The number of nitrogens with one attached hydrogen (secondary N) is 2. The Morgan fingerprint density at radius 1 is 0.605 bits per heavy atom. The van der Waals surface area contributed by atoms with Crippen molar-refractivity contribution in [2.45, 2.75) is 0 Å². The summed E-state index contributed by atoms with van der Waals surface area (Å²) < 4.78 is 15.4. The summed E-state index contributed by atoms with van der Waals surface area (Å²) in [6.45, 7) is 0. The molecule has 10 nitrogen and oxygen atoms in total. The predicted molar refractivity (Wildman–Crippen MR) is 172 cm³/mol. The zero-order chi connectivity index (χ0) is 29.7. The van der Waals surface area contributed by atoms with Crippen LogP contribution in [0.3, 0.4) is 0 Å². The van der Waals surface area contributed by atoms with Crippen molar-refractivity contribution in [3.05, 3.63) is 83.9 Å². The van der Waals surface area contributed by atoms with Crippen LogP contribution in [0.4, 0.5) is 0 Å². The van der Waals surface area contributed by atoms with Gasteiger partial charge in [0.05, 0.1) is 42.0 Å². The van der Waals surface area contributed by atoms with Crippen LogP contribution in [0.2, 0.25) is 0 Å². The van der Waals surface area contributed by atoms with Crippen LogP contribution in [-0.2, 0) is 14.1 Å². The minimum atomic E-state index is 0.746. The standard InChI is InChI=1S/C16H13BrN4O.C16H14N4O/c1-21-15-11(7-18-16-13(15)12(17)8-19-16)14(20-21)9-3-5-10(22-2)6-4-9;1-20-15-12-7-8-17-16(12)18-9-13(15)14(19-20)10-3-5-11(21-2)6-4-10/h3-8,20H,1-2H3;3-9,19H,1-2H3. The second-order valence-electron chi connectivity index (χ2n) is 10.1. The third-order valence-corrected chi connectivity index (χ3v) is 8.20. The Morgan fingerprint density at radius 3 is 1.70 bits per heavy atom. The van der Waals surface area contributed by atoms with Crippen molar-refractivity contribution in [2.75, 3.05) is 14.2 Å². The fourth-order valence-electron chi connectivity index (χ4n) is 5.54. The minimum absolute atomic E-state index is 0.746. The molecule has 0 radical (unpaired) electrons. The predicted octanol–water partition coefficient (Wildman–Crippen LogP) is 7.01. The molecular formula is C32H27BrN8O2. The van der Waals surface area contributed by atoms with E-state index in [-0.39, 0.29) is 0 Å². The van der Waals surface area contributed by atoms with E-state index < -0.39 is 0 Å². The summed E-state index contributed by atoms with van der Waals surface area (Å²) in [5.74, 6) is 1.69. The molecule has 2 aromatic carbocycles. The van der Waals surface area contributed by atoms with Crippen molar-refractivity contribution in [3.63, 3.8) is 0 Å². The summed E-state index contributed by atoms with van der Waals surface area (Å²) in [5.41, 5.74) is 7.98. The molecule has 0 bridgehead atoms. The number of pyridine rings is 2. The molecule has 0 unspecified atom stereocenters. The fraction of sp³-hybridized carbons (Fsp3) is 0.125. The summed E-state index contributed by atoms with van der Waals surface area (Å²) in [5, 5.41) is 11.0. The molecule has 0 saturated carbocycles. The van der Waals surface area contributed by atoms with Gasteiger partial charge in [-0.1, -0.05) is 0 Å². The summed E-state index contributed by atoms with van der Waals surface area (Å²) >= 11 is 3.56. The summed E-state index contributed by atoms with van der Waals surface area (Å²) in [6.07, 6.45) is 7.32. The Balaban J connectivity index is 0.000000140. The van der Waals surface area contributed by atoms with Gasteiger partial charge in [0.2, 0.25) is 0 Å². The topological polar surface area (TPSA) is 111 Å². The van der Waals surface area contributed by atoms with Crippen LogP contribution >= 0.6 is 15.9 Å². The highest BCUT2D eigenvalue weighted by molar-refractivity contribution is 9.10. The first-order chi connectivity index (χ1) is 21.0. The van der Waals surface area contributed by atoms with E-state index in [1.165, 1.54) is 0 Å². The molecule has 0 amide bonds. The number of benzene rings is 2. The van der Waals surface area contributed by atoms with Gasteiger partial charge in [-0.2, -0.15) is 0 Å². The first-order valence-corrected chi connectivity index (χ1v) is 14.3. The number of hydrogen-bond acceptors (Lipinski definition) is 6. The maximum Gasteiger partial charge on any atom is 0.162 e. The molecule has 11 heteroatoms. The zero-order valence-electron chi connectivity index (χ0n) is 23.9. The molecule has 0 aliphatic rings. The van der Waals surface area contributed by atoms with Gasteiger partial charge in [-0.05, 0) is 70.5 Å². The van der Waals surface area contributed by atoms with Crippen LogP contribution in [-0.4, -0.2) is 53.7 Å². The Hall–Kier alpha value is -5.16. The van der Waals surface area contributed by atoms with Crippen LogP contribution in [0.5, 0.6) is 11.5 Å². The molecule has 43 heavy (non-hydrogen) atoms. The van der Waals surface area contributed by atoms with Crippen molar-refractivity contribution in [1.29, 1.82) is 0 Å². The lowest BCUT2D eigenvalue weighted by molar-refractivity contribution is 0.415. The highest BCUT2D eigenvalue weighted by Gasteiger charge is 2.16. The molecule has 8 rings (SSSR count). The number of aryl methyl sites for hydroxylation is 2. The molecule has 6 aromatic heterocycles. The van der Waals surface area contributed by atoms with Gasteiger partial charge in [-0.25, -0.2) is 19.9 Å². The van der Waals surface area contributed by atoms with Gasteiger partial charge >= 0.3 is 0 Å². The Bertz CT molecular complexity index is 2240. The number of hydrogen-bond donors (Lipinski definition) is 2. The summed E-state index contributed by atoms with van der Waals surface area (Å²) in [4.78, 5) is 17.5. The van der Waals surface area contributed by atoms with Crippen LogP contribution in [0.1, 0.15) is 0 Å². The van der Waals surface area contributed by atoms with Crippen molar-refractivity contribution in [2.24, 2.45) is 14.1 Å². The minimum Gasteiger partial charge on any atom is -0.497 e. The molecule has 0 fully saturated rings. The van der Waals surface area contributed by atoms with Gasteiger partial charge in [0.1, 0.15) is 11.5 Å². The molecule has 0 spiro atoms. The number of methoxy groups -OCH3 is 2. The summed E-state index contributed by atoms with van der Waals surface area (Å²) in [6, 6.07) is 18.0. The van der Waals surface area contributed by atoms with Gasteiger partial charge in [0.15, 0.2) is 11.3 Å². The van der Waals surface area contributed by atoms with Gasteiger partial charge < -0.3 is 9.47 Å². The Kier molecular flexibility index (Phi) is 6.58. The number of rotatable bonds is 4. The van der Waals surface area contributed by atoms with Gasteiger partial charge in [0, 0.05) is 70.6 Å². The quantitative estimate of drug-likeness (QED) is 0.215. The van der Waals surface area contributed by atoms with E-state index >= 15 is 0 Å². The number of ether oxygens (including phenoxy) is 2. The van der Waals surface area contributed by atoms with Crippen LogP contribution in [0.25, 0.3) is 66.4 Å². The van der Waals surface area contributed by atoms with Crippen LogP contribution in [0.15, 0.2) is 83.9 Å². The lowest BCUT2D eigenvalue weighted by Gasteiger charge is -2.02. The number of fused-ring (bicyclic) bond motifs is 6. The van der Waals surface area contributed by atoms with Crippen molar-refractivity contribution >= 4 is 59.8 Å². The molecular weight excluding hydrogens is 608 g/mol. The number of nitrogens with zero attached hydrogens (tertiary/aromatic N) is 6. The molecule has 0 aliphatic heterocycles. The van der Waals surface area contributed by atoms with E-state index in [0.717, 1.165) is 82.4 Å². The lowest BCUT2D eigenvalue weighted by atomic mass is 10.1. The summed E-state index contributed by atoms with van der Waals surface area (Å²) in [7, 11) is 7.33. The monoisotopic (exact) mass is 634 g/mol. The third-order valence-electron chi connectivity index (χ3n) is 7.60. The van der Waals surface area contributed by atoms with E-state index in [4.69, 9.17) is 9.47 Å². The van der Waals surface area contributed by atoms with Crippen molar-refractivity contribution in [1.82, 2.24) is 39.5 Å². The lowest BCUT2D eigenvalue weighted by Crippen LogP contribution is -1.91. The second kappa shape index (κ2) is 10.6. The number of aromatic nitrogens is 8. The molecule has 0 saturated heterocycles. The smallest absolute Gasteiger partial charge is 0.162 e. The SMILES string of the molecule is COc1ccc(-c2[nH]n(C)c3c2cnc2ncc(Br)c23)cc1.COc1ccc(-c2[nH]n(C)c3c2cnc2nccc23)cc1. The van der Waals surface area contributed by atoms with Crippen LogP contribution < -0.4 is 9.47 Å². The number of halogens is 1.